The summed E-state index contributed by atoms with van der Waals surface area (Å²) in [4.78, 5) is 12.3. The van der Waals surface area contributed by atoms with Crippen molar-refractivity contribution in [2.75, 3.05) is 80.8 Å². The van der Waals surface area contributed by atoms with Gasteiger partial charge in [0.1, 0.15) is 12.2 Å². The van der Waals surface area contributed by atoms with Gasteiger partial charge < -0.3 is 37.9 Å². The van der Waals surface area contributed by atoms with E-state index in [2.05, 4.69) is 6.92 Å². The van der Waals surface area contributed by atoms with Gasteiger partial charge in [-0.25, -0.2) is 4.79 Å². The summed E-state index contributed by atoms with van der Waals surface area (Å²) in [7, 11) is 4.43. The fraction of sp³-hybridized carbons (Fsp3) is 0.682. The summed E-state index contributed by atoms with van der Waals surface area (Å²) in [6.45, 7) is 6.31. The first-order valence-corrected chi connectivity index (χ1v) is 10.5. The van der Waals surface area contributed by atoms with E-state index in [0.29, 0.717) is 51.1 Å². The number of benzene rings is 1. The van der Waals surface area contributed by atoms with Crippen molar-refractivity contribution in [2.45, 2.75) is 19.8 Å². The number of carbonyl (C=O) groups is 1. The molecule has 1 aromatic carbocycles. The van der Waals surface area contributed by atoms with E-state index in [1.54, 1.807) is 12.1 Å². The molecular formula is C22H36O9. The van der Waals surface area contributed by atoms with Crippen LogP contribution in [0.25, 0.3) is 0 Å². The van der Waals surface area contributed by atoms with Crippen molar-refractivity contribution in [3.63, 3.8) is 0 Å². The van der Waals surface area contributed by atoms with Crippen LogP contribution in [0.4, 0.5) is 0 Å². The van der Waals surface area contributed by atoms with Crippen LogP contribution in [-0.4, -0.2) is 86.8 Å². The molecule has 0 fully saturated rings. The van der Waals surface area contributed by atoms with Gasteiger partial charge in [-0.3, -0.25) is 0 Å². The molecule has 31 heavy (non-hydrogen) atoms. The Balaban J connectivity index is 2.10. The Hall–Kier alpha value is -2.07. The molecule has 0 aliphatic heterocycles. The molecule has 0 heterocycles. The van der Waals surface area contributed by atoms with Gasteiger partial charge in [-0.15, -0.1) is 0 Å². The van der Waals surface area contributed by atoms with Crippen molar-refractivity contribution in [1.82, 2.24) is 0 Å². The predicted molar refractivity (Wildman–Crippen MR) is 115 cm³/mol. The van der Waals surface area contributed by atoms with Gasteiger partial charge in [-0.2, -0.15) is 0 Å². The minimum absolute atomic E-state index is 0.109. The van der Waals surface area contributed by atoms with E-state index in [0.717, 1.165) is 19.4 Å². The Labute approximate surface area is 184 Å². The van der Waals surface area contributed by atoms with Gasteiger partial charge in [0.25, 0.3) is 0 Å². The number of rotatable bonds is 19. The van der Waals surface area contributed by atoms with E-state index in [4.69, 9.17) is 37.9 Å². The highest BCUT2D eigenvalue weighted by molar-refractivity contribution is 5.94. The standard InChI is InChI=1S/C22H36O9/c1-5-6-9-27-10-11-28-12-13-29-14-15-30-16-17-31-22(23)18-7-8-19(24-2)21(26-4)20(18)25-3/h7-8H,5-6,9-17H2,1-4H3. The zero-order valence-corrected chi connectivity index (χ0v) is 19.1. The van der Waals surface area contributed by atoms with Crippen molar-refractivity contribution < 1.29 is 42.7 Å². The molecule has 0 aliphatic rings. The van der Waals surface area contributed by atoms with Crippen LogP contribution < -0.4 is 14.2 Å². The highest BCUT2D eigenvalue weighted by Gasteiger charge is 2.21. The first-order valence-electron chi connectivity index (χ1n) is 10.5. The minimum atomic E-state index is -0.534. The summed E-state index contributed by atoms with van der Waals surface area (Å²) >= 11 is 0. The monoisotopic (exact) mass is 444 g/mol. The molecule has 9 nitrogen and oxygen atoms in total. The number of carbonyl (C=O) groups excluding carboxylic acids is 1. The van der Waals surface area contributed by atoms with E-state index in [1.165, 1.54) is 21.3 Å². The third kappa shape index (κ3) is 10.7. The summed E-state index contributed by atoms with van der Waals surface area (Å²) in [6, 6.07) is 3.19. The number of esters is 1. The molecule has 0 N–H and O–H groups in total. The lowest BCUT2D eigenvalue weighted by molar-refractivity contribution is -0.00911. The summed E-state index contributed by atoms with van der Waals surface area (Å²) in [5, 5.41) is 0. The molecule has 0 aliphatic carbocycles. The Morgan fingerprint density at radius 3 is 1.68 bits per heavy atom. The number of hydrogen-bond acceptors (Lipinski definition) is 9. The van der Waals surface area contributed by atoms with Crippen LogP contribution in [0.1, 0.15) is 30.1 Å². The van der Waals surface area contributed by atoms with Gasteiger partial charge in [0.05, 0.1) is 67.6 Å². The Kier molecular flexibility index (Phi) is 15.3. The number of hydrogen-bond donors (Lipinski definition) is 0. The molecule has 9 heteroatoms. The summed E-state index contributed by atoms with van der Waals surface area (Å²) < 4.78 is 42.6. The second kappa shape index (κ2) is 17.6. The fourth-order valence-electron chi connectivity index (χ4n) is 2.54. The Bertz CT molecular complexity index is 607. The molecule has 0 atom stereocenters. The first kappa shape index (κ1) is 27.0. The van der Waals surface area contributed by atoms with Gasteiger partial charge in [-0.1, -0.05) is 13.3 Å². The van der Waals surface area contributed by atoms with Gasteiger partial charge in [0, 0.05) is 6.61 Å². The van der Waals surface area contributed by atoms with Crippen molar-refractivity contribution in [3.05, 3.63) is 17.7 Å². The minimum Gasteiger partial charge on any atom is -0.493 e. The van der Waals surface area contributed by atoms with Crippen LogP contribution in [0.5, 0.6) is 17.2 Å². The van der Waals surface area contributed by atoms with Gasteiger partial charge in [-0.05, 0) is 18.6 Å². The van der Waals surface area contributed by atoms with Crippen molar-refractivity contribution in [3.8, 4) is 17.2 Å². The smallest absolute Gasteiger partial charge is 0.342 e. The lowest BCUT2D eigenvalue weighted by Crippen LogP contribution is -2.15. The average Bonchev–Trinajstić information content (AvgIpc) is 2.80. The lowest BCUT2D eigenvalue weighted by Gasteiger charge is -2.15. The average molecular weight is 445 g/mol. The van der Waals surface area contributed by atoms with Gasteiger partial charge >= 0.3 is 5.97 Å². The lowest BCUT2D eigenvalue weighted by atomic mass is 10.1. The summed E-state index contributed by atoms with van der Waals surface area (Å²) in [6.07, 6.45) is 2.21. The zero-order chi connectivity index (χ0) is 22.7. The largest absolute Gasteiger partial charge is 0.493 e. The molecule has 0 aromatic heterocycles. The van der Waals surface area contributed by atoms with Crippen molar-refractivity contribution >= 4 is 5.97 Å². The molecule has 0 spiro atoms. The van der Waals surface area contributed by atoms with E-state index in [1.807, 2.05) is 0 Å². The second-order valence-electron chi connectivity index (χ2n) is 6.32. The molecule has 1 rings (SSSR count). The molecule has 0 amide bonds. The molecular weight excluding hydrogens is 408 g/mol. The molecule has 0 bridgehead atoms. The number of unbranched alkanes of at least 4 members (excludes halogenated alkanes) is 1. The Morgan fingerprint density at radius 1 is 0.677 bits per heavy atom. The van der Waals surface area contributed by atoms with Gasteiger partial charge in [0.15, 0.2) is 11.5 Å². The van der Waals surface area contributed by atoms with Gasteiger partial charge in [0.2, 0.25) is 5.75 Å². The maximum Gasteiger partial charge on any atom is 0.342 e. The quantitative estimate of drug-likeness (QED) is 0.236. The van der Waals surface area contributed by atoms with E-state index in [-0.39, 0.29) is 24.5 Å². The van der Waals surface area contributed by atoms with E-state index in [9.17, 15) is 4.79 Å². The summed E-state index contributed by atoms with van der Waals surface area (Å²) in [5.74, 6) is 0.523. The van der Waals surface area contributed by atoms with Crippen LogP contribution in [0.2, 0.25) is 0 Å². The van der Waals surface area contributed by atoms with Crippen molar-refractivity contribution in [1.29, 1.82) is 0 Å². The molecule has 0 saturated heterocycles. The topological polar surface area (TPSA) is 90.9 Å². The highest BCUT2D eigenvalue weighted by Crippen LogP contribution is 2.39. The molecule has 0 radical (unpaired) electrons. The molecule has 1 aromatic rings. The maximum absolute atomic E-state index is 12.3. The number of methoxy groups -OCH3 is 3. The fourth-order valence-corrected chi connectivity index (χ4v) is 2.54. The van der Waals surface area contributed by atoms with Crippen molar-refractivity contribution in [2.24, 2.45) is 0 Å². The SMILES string of the molecule is CCCCOCCOCCOCCOCCOC(=O)c1ccc(OC)c(OC)c1OC. The van der Waals surface area contributed by atoms with Crippen LogP contribution in [0.3, 0.4) is 0 Å². The third-order valence-electron chi connectivity index (χ3n) is 4.14. The summed E-state index contributed by atoms with van der Waals surface area (Å²) in [5.41, 5.74) is 0.249. The highest BCUT2D eigenvalue weighted by atomic mass is 16.6. The van der Waals surface area contributed by atoms with E-state index >= 15 is 0 Å². The van der Waals surface area contributed by atoms with Crippen LogP contribution in [-0.2, 0) is 23.7 Å². The van der Waals surface area contributed by atoms with Crippen LogP contribution in [0, 0.1) is 0 Å². The maximum atomic E-state index is 12.3. The number of ether oxygens (including phenoxy) is 8. The van der Waals surface area contributed by atoms with Crippen LogP contribution >= 0.6 is 0 Å². The molecule has 0 unspecified atom stereocenters. The molecule has 0 saturated carbocycles. The normalized spacial score (nSPS) is 10.7. The first-order chi connectivity index (χ1) is 15.2. The second-order valence-corrected chi connectivity index (χ2v) is 6.32. The zero-order valence-electron chi connectivity index (χ0n) is 19.1. The third-order valence-corrected chi connectivity index (χ3v) is 4.14. The Morgan fingerprint density at radius 2 is 1.19 bits per heavy atom. The molecule has 178 valence electrons. The predicted octanol–water partition coefficient (Wildman–Crippen LogP) is 2.74. The van der Waals surface area contributed by atoms with E-state index < -0.39 is 5.97 Å². The van der Waals surface area contributed by atoms with Crippen LogP contribution in [0.15, 0.2) is 12.1 Å².